The lowest BCUT2D eigenvalue weighted by Gasteiger charge is -2.69. The van der Waals surface area contributed by atoms with Crippen LogP contribution in [-0.4, -0.2) is 79.7 Å². The van der Waals surface area contributed by atoms with Crippen LogP contribution in [0.1, 0.15) is 20.3 Å². The number of aliphatic hydroxyl groups excluding tert-OH is 3. The summed E-state index contributed by atoms with van der Waals surface area (Å²) < 4.78 is 11.1. The molecule has 3 aliphatic carbocycles. The minimum Gasteiger partial charge on any atom is -0.460 e. The second kappa shape index (κ2) is 5.16. The van der Waals surface area contributed by atoms with Crippen LogP contribution in [0.2, 0.25) is 0 Å². The van der Waals surface area contributed by atoms with E-state index in [0.717, 1.165) is 0 Å². The Morgan fingerprint density at radius 3 is 2.45 bits per heavy atom. The van der Waals surface area contributed by atoms with Crippen molar-refractivity contribution in [1.29, 1.82) is 0 Å². The molecule has 10 atom stereocenters. The lowest BCUT2D eigenvalue weighted by atomic mass is 9.37. The molecule has 0 aromatic rings. The fourth-order valence-electron chi connectivity index (χ4n) is 7.19. The molecule has 5 aliphatic rings. The maximum Gasteiger partial charge on any atom is 0.338 e. The number of carbonyl (C=O) groups excluding carboxylic acids is 2. The summed E-state index contributed by atoms with van der Waals surface area (Å²) in [5, 5.41) is 55.7. The maximum absolute atomic E-state index is 12.5. The third-order valence-corrected chi connectivity index (χ3v) is 8.44. The molecule has 4 fully saturated rings. The fourth-order valence-corrected chi connectivity index (χ4v) is 7.19. The predicted molar refractivity (Wildman–Crippen MR) is 93.8 cm³/mol. The predicted octanol–water partition coefficient (Wildman–Crippen LogP) is -1.83. The Morgan fingerprint density at radius 1 is 1.14 bits per heavy atom. The molecule has 29 heavy (non-hydrogen) atoms. The molecule has 0 amide bonds. The van der Waals surface area contributed by atoms with Crippen LogP contribution in [0.4, 0.5) is 0 Å². The van der Waals surface area contributed by atoms with Crippen molar-refractivity contribution in [3.05, 3.63) is 23.8 Å². The van der Waals surface area contributed by atoms with Gasteiger partial charge in [-0.3, -0.25) is 4.79 Å². The Hall–Kier alpha value is -1.62. The number of esters is 1. The highest BCUT2D eigenvalue weighted by Gasteiger charge is 2.87. The van der Waals surface area contributed by atoms with Gasteiger partial charge < -0.3 is 35.0 Å². The number of rotatable bonds is 0. The van der Waals surface area contributed by atoms with Crippen molar-refractivity contribution < 1.29 is 44.6 Å². The van der Waals surface area contributed by atoms with E-state index in [4.69, 9.17) is 9.47 Å². The van der Waals surface area contributed by atoms with E-state index >= 15 is 0 Å². The maximum atomic E-state index is 12.5. The second-order valence-electron chi connectivity index (χ2n) is 9.38. The molecule has 0 aromatic carbocycles. The Kier molecular flexibility index (Phi) is 3.44. The molecular weight excluding hydrogens is 384 g/mol. The summed E-state index contributed by atoms with van der Waals surface area (Å²) in [6.45, 7) is 6.62. The molecule has 5 rings (SSSR count). The van der Waals surface area contributed by atoms with E-state index in [0.29, 0.717) is 5.57 Å². The smallest absolute Gasteiger partial charge is 0.338 e. The fraction of sp³-hybridized carbons (Fsp3) is 0.700. The molecule has 9 heteroatoms. The van der Waals surface area contributed by atoms with Crippen LogP contribution in [-0.2, 0) is 19.1 Å². The number of allylic oxidation sites excluding steroid dienone is 1. The first-order chi connectivity index (χ1) is 13.4. The lowest BCUT2D eigenvalue weighted by molar-refractivity contribution is -0.337. The molecule has 9 nitrogen and oxygen atoms in total. The van der Waals surface area contributed by atoms with Gasteiger partial charge in [-0.1, -0.05) is 19.1 Å². The zero-order valence-corrected chi connectivity index (χ0v) is 16.0. The number of aliphatic hydroxyl groups is 5. The van der Waals surface area contributed by atoms with Crippen LogP contribution >= 0.6 is 0 Å². The van der Waals surface area contributed by atoms with E-state index in [1.165, 1.54) is 6.08 Å². The summed E-state index contributed by atoms with van der Waals surface area (Å²) >= 11 is 0. The number of hydrogen-bond donors (Lipinski definition) is 5. The number of carbonyl (C=O) groups is 2. The third kappa shape index (κ3) is 1.69. The lowest BCUT2D eigenvalue weighted by Crippen LogP contribution is -2.82. The summed E-state index contributed by atoms with van der Waals surface area (Å²) in [6.07, 6.45) is -5.01. The average Bonchev–Trinajstić information content (AvgIpc) is 2.98. The van der Waals surface area contributed by atoms with E-state index in [2.05, 4.69) is 6.58 Å². The zero-order valence-electron chi connectivity index (χ0n) is 16.0. The number of hydrogen-bond acceptors (Lipinski definition) is 9. The quantitative estimate of drug-likeness (QED) is 0.230. The number of ether oxygens (including phenoxy) is 2. The highest BCUT2D eigenvalue weighted by Crippen LogP contribution is 2.74. The SMILES string of the molecule is C=C1C(O)[C@]2(O)OC[C@@]34[C@H](C[C@@H]5C(C)=CC(=O)C(O)[C@]5(C)[C@@H]32)OC(=O)C(O)[C@@]14O. The first-order valence-electron chi connectivity index (χ1n) is 9.63. The molecule has 2 heterocycles. The van der Waals surface area contributed by atoms with Gasteiger partial charge in [0.05, 0.1) is 12.0 Å². The second-order valence-corrected chi connectivity index (χ2v) is 9.38. The first-order valence-corrected chi connectivity index (χ1v) is 9.63. The average molecular weight is 408 g/mol. The summed E-state index contributed by atoms with van der Waals surface area (Å²) in [6, 6.07) is 0. The Balaban J connectivity index is 1.85. The highest BCUT2D eigenvalue weighted by atomic mass is 16.7. The van der Waals surface area contributed by atoms with Gasteiger partial charge in [0.15, 0.2) is 11.9 Å². The monoisotopic (exact) mass is 408 g/mol. The van der Waals surface area contributed by atoms with Gasteiger partial charge in [-0.05, 0) is 30.9 Å². The molecule has 0 radical (unpaired) electrons. The van der Waals surface area contributed by atoms with Gasteiger partial charge in [0.2, 0.25) is 5.79 Å². The van der Waals surface area contributed by atoms with Crippen molar-refractivity contribution in [3.8, 4) is 0 Å². The van der Waals surface area contributed by atoms with Gasteiger partial charge in [-0.2, -0.15) is 0 Å². The van der Waals surface area contributed by atoms with Gasteiger partial charge >= 0.3 is 5.97 Å². The Morgan fingerprint density at radius 2 is 1.79 bits per heavy atom. The molecule has 0 aromatic heterocycles. The van der Waals surface area contributed by atoms with Crippen LogP contribution in [0.5, 0.6) is 0 Å². The molecule has 2 bridgehead atoms. The van der Waals surface area contributed by atoms with Gasteiger partial charge in [-0.15, -0.1) is 0 Å². The van der Waals surface area contributed by atoms with Crippen LogP contribution < -0.4 is 0 Å². The van der Waals surface area contributed by atoms with Crippen LogP contribution in [0, 0.1) is 22.7 Å². The van der Waals surface area contributed by atoms with Crippen LogP contribution in [0.25, 0.3) is 0 Å². The van der Waals surface area contributed by atoms with Crippen molar-refractivity contribution in [3.63, 3.8) is 0 Å². The summed E-state index contributed by atoms with van der Waals surface area (Å²) in [4.78, 5) is 25.0. The molecule has 1 spiro atoms. The van der Waals surface area contributed by atoms with Crippen LogP contribution in [0.15, 0.2) is 23.8 Å². The standard InChI is InChI=1S/C20H24O9/c1-7-4-10(21)13(23)17(3)9(7)5-11-18-6-28-20(27,16(17)18)12(22)8(2)19(18,26)14(24)15(25)29-11/h4,9,11-14,16,22-24,26-27H,2,5-6H2,1,3H3/t9-,11+,12?,13?,14?,16+,17-,18-,19+,20+/m1/s1. The summed E-state index contributed by atoms with van der Waals surface area (Å²) in [5.74, 6) is -5.66. The largest absolute Gasteiger partial charge is 0.460 e. The van der Waals surface area contributed by atoms with E-state index in [1.54, 1.807) is 13.8 Å². The van der Waals surface area contributed by atoms with Gasteiger partial charge in [-0.25, -0.2) is 4.79 Å². The van der Waals surface area contributed by atoms with Crippen molar-refractivity contribution in [2.24, 2.45) is 22.7 Å². The molecule has 2 saturated carbocycles. The Bertz CT molecular complexity index is 896. The highest BCUT2D eigenvalue weighted by molar-refractivity contribution is 5.96. The van der Waals surface area contributed by atoms with Crippen LogP contribution in [0.3, 0.4) is 0 Å². The van der Waals surface area contributed by atoms with Gasteiger partial charge in [0.25, 0.3) is 0 Å². The summed E-state index contributed by atoms with van der Waals surface area (Å²) in [7, 11) is 0. The number of fused-ring (bicyclic) bond motifs is 1. The molecule has 2 aliphatic heterocycles. The zero-order chi connectivity index (χ0) is 21.3. The molecular formula is C20H24O9. The first kappa shape index (κ1) is 19.3. The van der Waals surface area contributed by atoms with Crippen molar-refractivity contribution in [1.82, 2.24) is 0 Å². The van der Waals surface area contributed by atoms with Gasteiger partial charge in [0.1, 0.15) is 23.9 Å². The Labute approximate surface area is 166 Å². The topological polar surface area (TPSA) is 154 Å². The molecule has 5 N–H and O–H groups in total. The minimum atomic E-state index is -2.37. The third-order valence-electron chi connectivity index (χ3n) is 8.44. The van der Waals surface area contributed by atoms with Crippen molar-refractivity contribution in [2.45, 2.75) is 56.1 Å². The van der Waals surface area contributed by atoms with Gasteiger partial charge in [0, 0.05) is 11.3 Å². The van der Waals surface area contributed by atoms with Crippen molar-refractivity contribution >= 4 is 11.8 Å². The van der Waals surface area contributed by atoms with E-state index in [-0.39, 0.29) is 18.6 Å². The minimum absolute atomic E-state index is 0.142. The summed E-state index contributed by atoms with van der Waals surface area (Å²) in [5.41, 5.74) is -5.06. The molecule has 158 valence electrons. The van der Waals surface area contributed by atoms with E-state index < -0.39 is 70.2 Å². The van der Waals surface area contributed by atoms with E-state index in [1.807, 2.05) is 0 Å². The molecule has 2 saturated heterocycles. The normalized spacial score (nSPS) is 58.3. The number of ketones is 1. The molecule has 3 unspecified atom stereocenters. The van der Waals surface area contributed by atoms with Crippen molar-refractivity contribution in [2.75, 3.05) is 6.61 Å². The van der Waals surface area contributed by atoms with E-state index in [9.17, 15) is 35.1 Å².